The van der Waals surface area contributed by atoms with Crippen LogP contribution in [0, 0.1) is 0 Å². The van der Waals surface area contributed by atoms with Crippen molar-refractivity contribution in [1.29, 1.82) is 0 Å². The van der Waals surface area contributed by atoms with Gasteiger partial charge in [-0.1, -0.05) is 27.4 Å². The predicted molar refractivity (Wildman–Crippen MR) is 63.1 cm³/mol. The molecule has 0 aliphatic heterocycles. The maximum atomic E-state index is 5.61. The third kappa shape index (κ3) is 3.42. The summed E-state index contributed by atoms with van der Waals surface area (Å²) in [5, 5.41) is 0.988. The van der Waals surface area contributed by atoms with E-state index in [1.54, 1.807) is 18.0 Å². The van der Waals surface area contributed by atoms with Crippen molar-refractivity contribution < 1.29 is 0 Å². The van der Waals surface area contributed by atoms with E-state index in [1.165, 1.54) is 0 Å². The lowest BCUT2D eigenvalue weighted by Crippen LogP contribution is -2.07. The number of hydrogen-bond acceptors (Lipinski definition) is 3. The molecule has 2 N–H and O–H groups in total. The Labute approximate surface area is 89.6 Å². The quantitative estimate of drug-likeness (QED) is 0.759. The summed E-state index contributed by atoms with van der Waals surface area (Å²) in [5.41, 5.74) is 7.15. The van der Waals surface area contributed by atoms with Crippen LogP contribution in [0.4, 0.5) is 0 Å². The first-order valence-corrected chi connectivity index (χ1v) is 5.30. The zero-order chi connectivity index (χ0) is 10.8. The number of hydrogen-bond donors (Lipinski definition) is 1. The van der Waals surface area contributed by atoms with Crippen LogP contribution in [-0.2, 0) is 0 Å². The minimum absolute atomic E-state index is 0.168. The highest BCUT2D eigenvalue weighted by atomic mass is 32.2. The van der Waals surface area contributed by atoms with Gasteiger partial charge in [-0.15, -0.1) is 11.8 Å². The van der Waals surface area contributed by atoms with Crippen LogP contribution in [0.15, 0.2) is 29.9 Å². The fourth-order valence-corrected chi connectivity index (χ4v) is 1.91. The van der Waals surface area contributed by atoms with Gasteiger partial charge in [0, 0.05) is 22.2 Å². The van der Waals surface area contributed by atoms with Crippen molar-refractivity contribution in [2.45, 2.75) is 30.5 Å². The Bertz CT molecular complexity index is 339. The molecule has 3 heteroatoms. The highest BCUT2D eigenvalue weighted by Gasteiger charge is 2.13. The molecule has 1 heterocycles. The average Bonchev–Trinajstić information content (AvgIpc) is 2.01. The molecule has 2 nitrogen and oxygen atoms in total. The molecule has 1 aromatic rings. The van der Waals surface area contributed by atoms with Crippen LogP contribution in [0.1, 0.15) is 26.3 Å². The minimum Gasteiger partial charge on any atom is -0.399 e. The van der Waals surface area contributed by atoms with E-state index in [-0.39, 0.29) is 4.75 Å². The number of nitrogens with zero attached hydrogens (tertiary/aromatic N) is 1. The first kappa shape index (κ1) is 11.1. The number of aromatic nitrogens is 1. The molecule has 0 aromatic carbocycles. The summed E-state index contributed by atoms with van der Waals surface area (Å²) in [7, 11) is 0. The Morgan fingerprint density at radius 2 is 2.14 bits per heavy atom. The summed E-state index contributed by atoms with van der Waals surface area (Å²) in [6, 6.07) is 3.84. The molecule has 1 rings (SSSR count). The Balaban J connectivity index is 2.89. The van der Waals surface area contributed by atoms with E-state index in [9.17, 15) is 0 Å². The van der Waals surface area contributed by atoms with E-state index >= 15 is 0 Å². The van der Waals surface area contributed by atoms with Gasteiger partial charge >= 0.3 is 0 Å². The normalized spacial score (nSPS) is 11.4. The molecular weight excluding hydrogens is 192 g/mol. The zero-order valence-corrected chi connectivity index (χ0v) is 9.69. The van der Waals surface area contributed by atoms with Crippen LogP contribution >= 0.6 is 11.8 Å². The molecule has 0 amide bonds. The van der Waals surface area contributed by atoms with Crippen molar-refractivity contribution in [3.63, 3.8) is 0 Å². The Morgan fingerprint density at radius 3 is 2.64 bits per heavy atom. The summed E-state index contributed by atoms with van der Waals surface area (Å²) < 4.78 is 0.168. The summed E-state index contributed by atoms with van der Waals surface area (Å²) in [5.74, 6) is 0. The van der Waals surface area contributed by atoms with Crippen molar-refractivity contribution in [3.05, 3.63) is 30.5 Å². The number of thioether (sulfide) groups is 1. The molecule has 0 spiro atoms. The summed E-state index contributed by atoms with van der Waals surface area (Å²) in [6.45, 7) is 10.2. The molecule has 0 aliphatic rings. The van der Waals surface area contributed by atoms with Crippen LogP contribution in [0.2, 0.25) is 0 Å². The standard InChI is InChI=1S/C11H16N2S/c1-8(12)9-5-6-13-10(7-9)14-11(2,3)4/h5-7H,1,12H2,2-4H3. The first-order chi connectivity index (χ1) is 6.38. The summed E-state index contributed by atoms with van der Waals surface area (Å²) in [4.78, 5) is 4.27. The number of rotatable bonds is 2. The van der Waals surface area contributed by atoms with Gasteiger partial charge in [0.05, 0.1) is 5.03 Å². The Hall–Kier alpha value is -0.960. The van der Waals surface area contributed by atoms with Gasteiger partial charge in [-0.3, -0.25) is 0 Å². The second kappa shape index (κ2) is 4.05. The highest BCUT2D eigenvalue weighted by Crippen LogP contribution is 2.30. The fraction of sp³-hybridized carbons (Fsp3) is 0.364. The van der Waals surface area contributed by atoms with Crippen LogP contribution in [0.25, 0.3) is 5.70 Å². The first-order valence-electron chi connectivity index (χ1n) is 4.48. The smallest absolute Gasteiger partial charge is 0.0971 e. The van der Waals surface area contributed by atoms with Crippen LogP contribution < -0.4 is 5.73 Å². The molecule has 76 valence electrons. The number of pyridine rings is 1. The SMILES string of the molecule is C=C(N)c1ccnc(SC(C)(C)C)c1. The topological polar surface area (TPSA) is 38.9 Å². The minimum atomic E-state index is 0.168. The molecule has 1 aromatic heterocycles. The van der Waals surface area contributed by atoms with Crippen LogP contribution in [0.3, 0.4) is 0 Å². The second-order valence-electron chi connectivity index (χ2n) is 4.12. The van der Waals surface area contributed by atoms with Crippen molar-refractivity contribution in [1.82, 2.24) is 4.98 Å². The lowest BCUT2D eigenvalue weighted by atomic mass is 10.2. The van der Waals surface area contributed by atoms with E-state index in [0.717, 1.165) is 10.6 Å². The fourth-order valence-electron chi connectivity index (χ4n) is 0.979. The van der Waals surface area contributed by atoms with Crippen molar-refractivity contribution in [2.75, 3.05) is 0 Å². The van der Waals surface area contributed by atoms with E-state index < -0.39 is 0 Å². The van der Waals surface area contributed by atoms with Gasteiger partial charge in [0.25, 0.3) is 0 Å². The van der Waals surface area contributed by atoms with E-state index in [4.69, 9.17) is 5.73 Å². The van der Waals surface area contributed by atoms with Crippen molar-refractivity contribution in [2.24, 2.45) is 5.73 Å². The molecule has 0 saturated carbocycles. The largest absolute Gasteiger partial charge is 0.399 e. The lowest BCUT2D eigenvalue weighted by molar-refractivity contribution is 0.799. The molecule has 0 fully saturated rings. The van der Waals surface area contributed by atoms with Crippen LogP contribution in [0.5, 0.6) is 0 Å². The van der Waals surface area contributed by atoms with E-state index in [0.29, 0.717) is 5.70 Å². The maximum absolute atomic E-state index is 5.61. The van der Waals surface area contributed by atoms with Gasteiger partial charge in [-0.2, -0.15) is 0 Å². The summed E-state index contributed by atoms with van der Waals surface area (Å²) in [6.07, 6.45) is 1.77. The monoisotopic (exact) mass is 208 g/mol. The van der Waals surface area contributed by atoms with Crippen molar-refractivity contribution in [3.8, 4) is 0 Å². The van der Waals surface area contributed by atoms with Gasteiger partial charge < -0.3 is 5.73 Å². The lowest BCUT2D eigenvalue weighted by Gasteiger charge is -2.16. The maximum Gasteiger partial charge on any atom is 0.0971 e. The molecular formula is C11H16N2S. The van der Waals surface area contributed by atoms with Gasteiger partial charge in [0.2, 0.25) is 0 Å². The molecule has 0 unspecified atom stereocenters. The van der Waals surface area contributed by atoms with Crippen molar-refractivity contribution >= 4 is 17.5 Å². The zero-order valence-electron chi connectivity index (χ0n) is 8.87. The van der Waals surface area contributed by atoms with Gasteiger partial charge in [-0.25, -0.2) is 4.98 Å². The molecule has 14 heavy (non-hydrogen) atoms. The Kier molecular flexibility index (Phi) is 3.21. The molecule has 0 bridgehead atoms. The predicted octanol–water partition coefficient (Wildman–Crippen LogP) is 2.90. The average molecular weight is 208 g/mol. The van der Waals surface area contributed by atoms with Crippen LogP contribution in [-0.4, -0.2) is 9.73 Å². The Morgan fingerprint density at radius 1 is 1.50 bits per heavy atom. The third-order valence-corrected chi connectivity index (χ3v) is 2.56. The van der Waals surface area contributed by atoms with E-state index in [1.807, 2.05) is 12.1 Å². The molecule has 0 aliphatic carbocycles. The number of nitrogens with two attached hydrogens (primary N) is 1. The third-order valence-electron chi connectivity index (χ3n) is 1.52. The molecule has 0 atom stereocenters. The van der Waals surface area contributed by atoms with Gasteiger partial charge in [0.15, 0.2) is 0 Å². The highest BCUT2D eigenvalue weighted by molar-refractivity contribution is 8.00. The van der Waals surface area contributed by atoms with E-state index in [2.05, 4.69) is 32.3 Å². The molecule has 0 saturated heterocycles. The second-order valence-corrected chi connectivity index (χ2v) is 5.97. The van der Waals surface area contributed by atoms with Gasteiger partial charge in [-0.05, 0) is 12.1 Å². The van der Waals surface area contributed by atoms with Gasteiger partial charge in [0.1, 0.15) is 0 Å². The molecule has 0 radical (unpaired) electrons. The summed E-state index contributed by atoms with van der Waals surface area (Å²) >= 11 is 1.72.